The number of nitrogens with one attached hydrogen (secondary N) is 1. The molecule has 2 fully saturated rings. The number of hydrogen-bond donors (Lipinski definition) is 1. The molecule has 1 aromatic rings. The second kappa shape index (κ2) is 6.97. The second-order valence-electron chi connectivity index (χ2n) is 7.23. The minimum absolute atomic E-state index is 0.501. The van der Waals surface area contributed by atoms with E-state index in [0.717, 1.165) is 30.7 Å². The number of piperidine rings is 1. The van der Waals surface area contributed by atoms with E-state index in [4.69, 9.17) is 4.42 Å². The van der Waals surface area contributed by atoms with E-state index in [0.29, 0.717) is 6.04 Å². The first kappa shape index (κ1) is 15.1. The van der Waals surface area contributed by atoms with Gasteiger partial charge in [0.25, 0.3) is 0 Å². The molecule has 0 amide bonds. The van der Waals surface area contributed by atoms with Gasteiger partial charge in [-0.05, 0) is 37.3 Å². The van der Waals surface area contributed by atoms with Crippen molar-refractivity contribution in [3.8, 4) is 0 Å². The van der Waals surface area contributed by atoms with Crippen LogP contribution in [0.5, 0.6) is 0 Å². The molecule has 1 aliphatic heterocycles. The normalized spacial score (nSPS) is 27.0. The Balaban J connectivity index is 1.55. The summed E-state index contributed by atoms with van der Waals surface area (Å²) in [6.07, 6.45) is 9.10. The van der Waals surface area contributed by atoms with Gasteiger partial charge in [-0.1, -0.05) is 33.1 Å². The lowest BCUT2D eigenvalue weighted by molar-refractivity contribution is 0.0816. The maximum absolute atomic E-state index is 5.67. The van der Waals surface area contributed by atoms with Crippen LogP contribution in [0, 0.1) is 11.8 Å². The molecule has 0 radical (unpaired) electrons. The number of nitrogens with zero attached hydrogens (tertiary/aromatic N) is 1. The molecule has 118 valence electrons. The number of furan rings is 1. The van der Waals surface area contributed by atoms with Crippen molar-refractivity contribution in [2.45, 2.75) is 65.1 Å². The van der Waals surface area contributed by atoms with Crippen LogP contribution in [0.2, 0.25) is 0 Å². The molecular formula is C18H30N2O. The molecule has 2 aliphatic rings. The zero-order valence-electron chi connectivity index (χ0n) is 13.6. The quantitative estimate of drug-likeness (QED) is 0.894. The van der Waals surface area contributed by atoms with Crippen molar-refractivity contribution in [1.82, 2.24) is 10.2 Å². The predicted octanol–water partition coefficient (Wildman–Crippen LogP) is 3.79. The van der Waals surface area contributed by atoms with E-state index in [2.05, 4.69) is 30.1 Å². The summed E-state index contributed by atoms with van der Waals surface area (Å²) < 4.78 is 5.67. The fourth-order valence-corrected chi connectivity index (χ4v) is 4.02. The number of likely N-dealkylation sites (tertiary alicyclic amines) is 1. The highest BCUT2D eigenvalue weighted by Gasteiger charge is 2.31. The van der Waals surface area contributed by atoms with Crippen LogP contribution in [0.4, 0.5) is 0 Å². The summed E-state index contributed by atoms with van der Waals surface area (Å²) in [6, 6.07) is 2.66. The van der Waals surface area contributed by atoms with Gasteiger partial charge in [0, 0.05) is 24.7 Å². The molecule has 2 heterocycles. The fourth-order valence-electron chi connectivity index (χ4n) is 4.02. The van der Waals surface area contributed by atoms with Crippen LogP contribution in [0.3, 0.4) is 0 Å². The summed E-state index contributed by atoms with van der Waals surface area (Å²) >= 11 is 0. The smallest absolute Gasteiger partial charge is 0.122 e. The van der Waals surface area contributed by atoms with Gasteiger partial charge in [-0.3, -0.25) is 4.90 Å². The van der Waals surface area contributed by atoms with Crippen molar-refractivity contribution >= 4 is 0 Å². The molecule has 21 heavy (non-hydrogen) atoms. The molecule has 0 bridgehead atoms. The van der Waals surface area contributed by atoms with Crippen LogP contribution in [0.15, 0.2) is 16.7 Å². The molecule has 3 rings (SSSR count). The van der Waals surface area contributed by atoms with Gasteiger partial charge in [-0.2, -0.15) is 0 Å². The lowest BCUT2D eigenvalue weighted by Crippen LogP contribution is -2.41. The zero-order chi connectivity index (χ0) is 14.7. The van der Waals surface area contributed by atoms with Crippen LogP contribution in [-0.4, -0.2) is 24.0 Å². The van der Waals surface area contributed by atoms with Crippen molar-refractivity contribution in [3.63, 3.8) is 0 Å². The molecule has 1 saturated heterocycles. The summed E-state index contributed by atoms with van der Waals surface area (Å²) in [5, 5.41) is 3.46. The van der Waals surface area contributed by atoms with E-state index in [9.17, 15) is 0 Å². The summed E-state index contributed by atoms with van der Waals surface area (Å²) in [5.74, 6) is 3.09. The van der Waals surface area contributed by atoms with Crippen molar-refractivity contribution in [1.29, 1.82) is 0 Å². The first-order valence-electron chi connectivity index (χ1n) is 8.73. The summed E-state index contributed by atoms with van der Waals surface area (Å²) in [6.45, 7) is 8.83. The van der Waals surface area contributed by atoms with Gasteiger partial charge in [0.05, 0.1) is 12.8 Å². The van der Waals surface area contributed by atoms with E-state index in [1.165, 1.54) is 50.8 Å². The van der Waals surface area contributed by atoms with Gasteiger partial charge in [-0.15, -0.1) is 0 Å². The van der Waals surface area contributed by atoms with Gasteiger partial charge in [0.15, 0.2) is 0 Å². The van der Waals surface area contributed by atoms with Gasteiger partial charge in [0.2, 0.25) is 0 Å². The van der Waals surface area contributed by atoms with Crippen LogP contribution in [-0.2, 0) is 13.1 Å². The van der Waals surface area contributed by atoms with Crippen molar-refractivity contribution in [2.24, 2.45) is 11.8 Å². The maximum Gasteiger partial charge on any atom is 0.122 e. The van der Waals surface area contributed by atoms with E-state index < -0.39 is 0 Å². The molecule has 1 N–H and O–H groups in total. The largest absolute Gasteiger partial charge is 0.468 e. The van der Waals surface area contributed by atoms with Crippen molar-refractivity contribution < 1.29 is 4.42 Å². The SMILES string of the molecule is CC(C)NCc1occc1CN1CCC2CCCCC2C1. The summed E-state index contributed by atoms with van der Waals surface area (Å²) in [5.41, 5.74) is 1.37. The van der Waals surface area contributed by atoms with Gasteiger partial charge in [-0.25, -0.2) is 0 Å². The van der Waals surface area contributed by atoms with E-state index in [1.807, 2.05) is 6.26 Å². The standard InChI is InChI=1S/C18H30N2O/c1-14(2)19-11-18-17(8-10-21-18)13-20-9-7-15-5-3-4-6-16(15)12-20/h8,10,14-16,19H,3-7,9,11-13H2,1-2H3. The predicted molar refractivity (Wildman–Crippen MR) is 86.0 cm³/mol. The van der Waals surface area contributed by atoms with Gasteiger partial charge in [0.1, 0.15) is 5.76 Å². The molecule has 2 atom stereocenters. The summed E-state index contributed by atoms with van der Waals surface area (Å²) in [4.78, 5) is 2.65. The molecule has 0 spiro atoms. The molecule has 3 heteroatoms. The Morgan fingerprint density at radius 2 is 2.05 bits per heavy atom. The Morgan fingerprint density at radius 3 is 2.86 bits per heavy atom. The Bertz CT molecular complexity index is 440. The Hall–Kier alpha value is -0.800. The zero-order valence-corrected chi connectivity index (χ0v) is 13.6. The molecule has 1 saturated carbocycles. The van der Waals surface area contributed by atoms with E-state index in [-0.39, 0.29) is 0 Å². The van der Waals surface area contributed by atoms with Crippen LogP contribution in [0.1, 0.15) is 57.3 Å². The second-order valence-corrected chi connectivity index (χ2v) is 7.23. The Morgan fingerprint density at radius 1 is 1.24 bits per heavy atom. The number of fused-ring (bicyclic) bond motifs is 1. The highest BCUT2D eigenvalue weighted by Crippen LogP contribution is 2.36. The minimum atomic E-state index is 0.501. The fraction of sp³-hybridized carbons (Fsp3) is 0.778. The Kier molecular flexibility index (Phi) is 5.02. The number of hydrogen-bond acceptors (Lipinski definition) is 3. The van der Waals surface area contributed by atoms with E-state index in [1.54, 1.807) is 0 Å². The third-order valence-corrected chi connectivity index (χ3v) is 5.28. The maximum atomic E-state index is 5.67. The van der Waals surface area contributed by atoms with Crippen LogP contribution < -0.4 is 5.32 Å². The number of rotatable bonds is 5. The van der Waals surface area contributed by atoms with Crippen molar-refractivity contribution in [2.75, 3.05) is 13.1 Å². The molecule has 3 nitrogen and oxygen atoms in total. The summed E-state index contributed by atoms with van der Waals surface area (Å²) in [7, 11) is 0. The lowest BCUT2D eigenvalue weighted by Gasteiger charge is -2.41. The average molecular weight is 290 g/mol. The minimum Gasteiger partial charge on any atom is -0.468 e. The Labute approximate surface area is 129 Å². The monoisotopic (exact) mass is 290 g/mol. The van der Waals surface area contributed by atoms with E-state index >= 15 is 0 Å². The van der Waals surface area contributed by atoms with Crippen LogP contribution in [0.25, 0.3) is 0 Å². The van der Waals surface area contributed by atoms with Gasteiger partial charge < -0.3 is 9.73 Å². The third-order valence-electron chi connectivity index (χ3n) is 5.28. The van der Waals surface area contributed by atoms with Crippen LogP contribution >= 0.6 is 0 Å². The molecule has 2 unspecified atom stereocenters. The molecule has 1 aromatic heterocycles. The van der Waals surface area contributed by atoms with Crippen molar-refractivity contribution in [3.05, 3.63) is 23.7 Å². The van der Waals surface area contributed by atoms with Gasteiger partial charge >= 0.3 is 0 Å². The first-order chi connectivity index (χ1) is 10.2. The lowest BCUT2D eigenvalue weighted by atomic mass is 9.75. The highest BCUT2D eigenvalue weighted by molar-refractivity contribution is 5.17. The third kappa shape index (κ3) is 3.89. The average Bonchev–Trinajstić information content (AvgIpc) is 2.92. The highest BCUT2D eigenvalue weighted by atomic mass is 16.3. The molecular weight excluding hydrogens is 260 g/mol. The first-order valence-corrected chi connectivity index (χ1v) is 8.73. The molecule has 0 aromatic carbocycles. The molecule has 1 aliphatic carbocycles. The topological polar surface area (TPSA) is 28.4 Å².